The van der Waals surface area contributed by atoms with Crippen molar-refractivity contribution in [2.45, 2.75) is 20.8 Å². The molecule has 1 saturated heterocycles. The Morgan fingerprint density at radius 2 is 1.82 bits per heavy atom. The van der Waals surface area contributed by atoms with Crippen LogP contribution in [-0.2, 0) is 4.79 Å². The summed E-state index contributed by atoms with van der Waals surface area (Å²) in [5.41, 5.74) is 1.37. The van der Waals surface area contributed by atoms with Gasteiger partial charge < -0.3 is 15.1 Å². The maximum absolute atomic E-state index is 12.4. The Morgan fingerprint density at radius 3 is 2.32 bits per heavy atom. The highest BCUT2D eigenvalue weighted by atomic mass is 16.2. The summed E-state index contributed by atoms with van der Waals surface area (Å²) in [6, 6.07) is 3.64. The van der Waals surface area contributed by atoms with Crippen molar-refractivity contribution in [1.29, 1.82) is 0 Å². The second-order valence-corrected chi connectivity index (χ2v) is 6.01. The number of piperazine rings is 1. The van der Waals surface area contributed by atoms with Gasteiger partial charge in [0.15, 0.2) is 0 Å². The van der Waals surface area contributed by atoms with E-state index in [9.17, 15) is 9.59 Å². The Bertz CT molecular complexity index is 519. The van der Waals surface area contributed by atoms with Crippen molar-refractivity contribution < 1.29 is 9.59 Å². The molecule has 6 nitrogen and oxygen atoms in total. The first-order valence-corrected chi connectivity index (χ1v) is 7.72. The average Bonchev–Trinajstić information content (AvgIpc) is 2.53. The van der Waals surface area contributed by atoms with Crippen molar-refractivity contribution in [3.05, 3.63) is 24.0 Å². The quantitative estimate of drug-likeness (QED) is 0.914. The van der Waals surface area contributed by atoms with E-state index in [-0.39, 0.29) is 11.8 Å². The van der Waals surface area contributed by atoms with Gasteiger partial charge in [0.05, 0.1) is 11.9 Å². The van der Waals surface area contributed by atoms with E-state index in [2.05, 4.69) is 24.1 Å². The van der Waals surface area contributed by atoms with Crippen molar-refractivity contribution in [2.24, 2.45) is 5.92 Å². The number of anilines is 1. The molecule has 0 bridgehead atoms. The molecule has 0 aromatic carbocycles. The molecule has 2 amide bonds. The lowest BCUT2D eigenvalue weighted by Crippen LogP contribution is -2.50. The molecule has 1 N–H and O–H groups in total. The van der Waals surface area contributed by atoms with Crippen molar-refractivity contribution >= 4 is 17.5 Å². The minimum atomic E-state index is -0.0707. The number of hydrogen-bond acceptors (Lipinski definition) is 4. The van der Waals surface area contributed by atoms with Gasteiger partial charge in [-0.25, -0.2) is 4.98 Å². The van der Waals surface area contributed by atoms with E-state index in [1.54, 1.807) is 29.0 Å². The Hall–Kier alpha value is -2.11. The second kappa shape index (κ2) is 7.24. The molecule has 22 heavy (non-hydrogen) atoms. The maximum atomic E-state index is 12.4. The zero-order chi connectivity index (χ0) is 16.1. The summed E-state index contributed by atoms with van der Waals surface area (Å²) in [6.45, 7) is 9.02. The third-order valence-corrected chi connectivity index (χ3v) is 3.71. The number of aromatic nitrogens is 1. The molecular weight excluding hydrogens is 280 g/mol. The number of nitrogens with zero attached hydrogens (tertiary/aromatic N) is 3. The average molecular weight is 304 g/mol. The fraction of sp³-hybridized carbons (Fsp3) is 0.562. The van der Waals surface area contributed by atoms with Crippen LogP contribution in [0.25, 0.3) is 0 Å². The van der Waals surface area contributed by atoms with Crippen LogP contribution in [-0.4, -0.2) is 59.3 Å². The Kier molecular flexibility index (Phi) is 5.35. The van der Waals surface area contributed by atoms with Crippen molar-refractivity contribution in [2.75, 3.05) is 38.0 Å². The summed E-state index contributed by atoms with van der Waals surface area (Å²) in [5.74, 6) is 0.545. The van der Waals surface area contributed by atoms with Crippen LogP contribution in [0.15, 0.2) is 18.3 Å². The van der Waals surface area contributed by atoms with Gasteiger partial charge in [0.1, 0.15) is 5.69 Å². The van der Waals surface area contributed by atoms with Crippen molar-refractivity contribution in [1.82, 2.24) is 14.8 Å². The molecule has 120 valence electrons. The minimum absolute atomic E-state index is 0.0609. The number of carbonyl (C=O) groups excluding carboxylic acids is 2. The molecule has 1 fully saturated rings. The van der Waals surface area contributed by atoms with E-state index >= 15 is 0 Å². The van der Waals surface area contributed by atoms with Crippen LogP contribution >= 0.6 is 0 Å². The fourth-order valence-corrected chi connectivity index (χ4v) is 2.33. The predicted octanol–water partition coefficient (Wildman–Crippen LogP) is 1.45. The van der Waals surface area contributed by atoms with E-state index in [0.29, 0.717) is 37.8 Å². The van der Waals surface area contributed by atoms with Crippen LogP contribution in [0.1, 0.15) is 31.3 Å². The molecule has 0 radical (unpaired) electrons. The predicted molar refractivity (Wildman–Crippen MR) is 85.7 cm³/mol. The van der Waals surface area contributed by atoms with Crippen LogP contribution in [0, 0.1) is 5.92 Å². The fourth-order valence-electron chi connectivity index (χ4n) is 2.33. The molecule has 0 spiro atoms. The zero-order valence-electron chi connectivity index (χ0n) is 13.5. The van der Waals surface area contributed by atoms with Gasteiger partial charge in [-0.3, -0.25) is 9.59 Å². The summed E-state index contributed by atoms with van der Waals surface area (Å²) in [5, 5.41) is 3.28. The molecule has 2 rings (SSSR count). The van der Waals surface area contributed by atoms with Gasteiger partial charge in [0.25, 0.3) is 5.91 Å². The molecule has 0 atom stereocenters. The number of amides is 2. The molecule has 6 heteroatoms. The van der Waals surface area contributed by atoms with Crippen molar-refractivity contribution in [3.8, 4) is 0 Å². The first-order valence-electron chi connectivity index (χ1n) is 7.72. The summed E-state index contributed by atoms with van der Waals surface area (Å²) >= 11 is 0. The molecule has 0 aliphatic carbocycles. The summed E-state index contributed by atoms with van der Waals surface area (Å²) in [6.07, 6.45) is 1.70. The van der Waals surface area contributed by atoms with Gasteiger partial charge >= 0.3 is 0 Å². The smallest absolute Gasteiger partial charge is 0.272 e. The lowest BCUT2D eigenvalue weighted by molar-refractivity contribution is -0.130. The molecule has 0 unspecified atom stereocenters. The van der Waals surface area contributed by atoms with Crippen LogP contribution in [0.4, 0.5) is 5.69 Å². The van der Waals surface area contributed by atoms with E-state index in [1.807, 2.05) is 6.07 Å². The topological polar surface area (TPSA) is 65.5 Å². The number of carbonyl (C=O) groups is 2. The van der Waals surface area contributed by atoms with E-state index in [1.165, 1.54) is 0 Å². The van der Waals surface area contributed by atoms with Crippen LogP contribution in [0.5, 0.6) is 0 Å². The summed E-state index contributed by atoms with van der Waals surface area (Å²) < 4.78 is 0. The first-order chi connectivity index (χ1) is 10.5. The van der Waals surface area contributed by atoms with Gasteiger partial charge in [0.2, 0.25) is 5.91 Å². The number of pyridine rings is 1. The van der Waals surface area contributed by atoms with Gasteiger partial charge in [0, 0.05) is 39.6 Å². The maximum Gasteiger partial charge on any atom is 0.272 e. The minimum Gasteiger partial charge on any atom is -0.384 e. The highest BCUT2D eigenvalue weighted by molar-refractivity contribution is 5.92. The highest BCUT2D eigenvalue weighted by Gasteiger charge is 2.23. The molecule has 1 aromatic heterocycles. The summed E-state index contributed by atoms with van der Waals surface area (Å²) in [4.78, 5) is 31.5. The Labute approximate surface area is 131 Å². The molecule has 1 aliphatic rings. The SMILES string of the molecule is CC(=O)N1CCN(C(=O)c2ccc(NCC(C)C)cn2)CC1. The van der Waals surface area contributed by atoms with Gasteiger partial charge in [-0.15, -0.1) is 0 Å². The lowest BCUT2D eigenvalue weighted by atomic mass is 10.2. The molecule has 1 aliphatic heterocycles. The van der Waals surface area contributed by atoms with E-state index in [4.69, 9.17) is 0 Å². The van der Waals surface area contributed by atoms with Gasteiger partial charge in [-0.2, -0.15) is 0 Å². The monoisotopic (exact) mass is 304 g/mol. The van der Waals surface area contributed by atoms with Crippen LogP contribution in [0.3, 0.4) is 0 Å². The largest absolute Gasteiger partial charge is 0.384 e. The van der Waals surface area contributed by atoms with Crippen LogP contribution in [0.2, 0.25) is 0 Å². The van der Waals surface area contributed by atoms with Gasteiger partial charge in [-0.1, -0.05) is 13.8 Å². The molecule has 1 aromatic rings. The number of rotatable bonds is 4. The third kappa shape index (κ3) is 4.19. The lowest BCUT2D eigenvalue weighted by Gasteiger charge is -2.34. The standard InChI is InChI=1S/C16H24N4O2/c1-12(2)10-17-14-4-5-15(18-11-14)16(22)20-8-6-19(7-9-20)13(3)21/h4-5,11-12,17H,6-10H2,1-3H3. The van der Waals surface area contributed by atoms with Crippen LogP contribution < -0.4 is 5.32 Å². The van der Waals surface area contributed by atoms with E-state index < -0.39 is 0 Å². The van der Waals surface area contributed by atoms with Gasteiger partial charge in [-0.05, 0) is 18.1 Å². The Morgan fingerprint density at radius 1 is 1.18 bits per heavy atom. The van der Waals surface area contributed by atoms with Crippen molar-refractivity contribution in [3.63, 3.8) is 0 Å². The second-order valence-electron chi connectivity index (χ2n) is 6.01. The molecule has 0 saturated carbocycles. The zero-order valence-corrected chi connectivity index (χ0v) is 13.5. The summed E-state index contributed by atoms with van der Waals surface area (Å²) in [7, 11) is 0. The first kappa shape index (κ1) is 16.3. The Balaban J connectivity index is 1.91. The number of hydrogen-bond donors (Lipinski definition) is 1. The molecule has 2 heterocycles. The third-order valence-electron chi connectivity index (χ3n) is 3.71. The van der Waals surface area contributed by atoms with E-state index in [0.717, 1.165) is 12.2 Å². The molecular formula is C16H24N4O2. The normalized spacial score (nSPS) is 15.1. The highest BCUT2D eigenvalue weighted by Crippen LogP contribution is 2.11. The number of nitrogens with one attached hydrogen (secondary N) is 1.